The van der Waals surface area contributed by atoms with Gasteiger partial charge in [-0.05, 0) is 19.1 Å². The number of aromatic nitrogens is 3. The normalized spacial score (nSPS) is 10.6. The summed E-state index contributed by atoms with van der Waals surface area (Å²) in [6.45, 7) is 2.41. The van der Waals surface area contributed by atoms with E-state index in [1.54, 1.807) is 42.6 Å². The molecule has 0 radical (unpaired) electrons. The number of hydrogen-bond acceptors (Lipinski definition) is 5. The molecule has 6 nitrogen and oxygen atoms in total. The second kappa shape index (κ2) is 5.77. The van der Waals surface area contributed by atoms with Crippen LogP contribution in [0.4, 0.5) is 0 Å². The van der Waals surface area contributed by atoms with Gasteiger partial charge in [-0.2, -0.15) is 0 Å². The first-order chi connectivity index (χ1) is 10.7. The second-order valence-corrected chi connectivity index (χ2v) is 4.54. The van der Waals surface area contributed by atoms with Gasteiger partial charge in [-0.1, -0.05) is 18.2 Å². The molecule has 3 rings (SSSR count). The Bertz CT molecular complexity index is 832. The Morgan fingerprint density at radius 1 is 1.18 bits per heavy atom. The Morgan fingerprint density at radius 2 is 2.00 bits per heavy atom. The standard InChI is InChI=1S/C16H13N3O3/c1-2-22-13-8-7-10(9-17-13)15-18-12-6-4-3-5-11(12)14(19-15)16(20)21/h3-9H,2H2,1H3,(H,20,21). The van der Waals surface area contributed by atoms with Gasteiger partial charge in [0.1, 0.15) is 0 Å². The van der Waals surface area contributed by atoms with E-state index in [-0.39, 0.29) is 5.69 Å². The SMILES string of the molecule is CCOc1ccc(-c2nc(C(=O)O)c3ccccc3n2)cn1. The van der Waals surface area contributed by atoms with Gasteiger partial charge < -0.3 is 9.84 Å². The van der Waals surface area contributed by atoms with Crippen molar-refractivity contribution in [1.82, 2.24) is 15.0 Å². The molecule has 1 N–H and O–H groups in total. The predicted molar refractivity (Wildman–Crippen MR) is 80.9 cm³/mol. The van der Waals surface area contributed by atoms with Crippen molar-refractivity contribution >= 4 is 16.9 Å². The summed E-state index contributed by atoms with van der Waals surface area (Å²) in [7, 11) is 0. The Morgan fingerprint density at radius 3 is 2.68 bits per heavy atom. The van der Waals surface area contributed by atoms with E-state index in [1.807, 2.05) is 6.92 Å². The van der Waals surface area contributed by atoms with Gasteiger partial charge in [0.05, 0.1) is 12.1 Å². The molecule has 0 aliphatic heterocycles. The van der Waals surface area contributed by atoms with E-state index >= 15 is 0 Å². The third kappa shape index (κ3) is 2.58. The number of aromatic carboxylic acids is 1. The van der Waals surface area contributed by atoms with Crippen molar-refractivity contribution in [2.24, 2.45) is 0 Å². The number of rotatable bonds is 4. The van der Waals surface area contributed by atoms with E-state index in [1.165, 1.54) is 0 Å². The van der Waals surface area contributed by atoms with E-state index in [9.17, 15) is 9.90 Å². The van der Waals surface area contributed by atoms with Gasteiger partial charge in [0.15, 0.2) is 11.5 Å². The summed E-state index contributed by atoms with van der Waals surface area (Å²) in [5, 5.41) is 9.85. The molecule has 0 fully saturated rings. The molecular weight excluding hydrogens is 282 g/mol. The van der Waals surface area contributed by atoms with Crippen LogP contribution in [0.2, 0.25) is 0 Å². The van der Waals surface area contributed by atoms with Crippen LogP contribution in [-0.2, 0) is 0 Å². The predicted octanol–water partition coefficient (Wildman–Crippen LogP) is 2.79. The molecule has 0 aliphatic carbocycles. The lowest BCUT2D eigenvalue weighted by atomic mass is 10.1. The maximum absolute atomic E-state index is 11.4. The fourth-order valence-electron chi connectivity index (χ4n) is 2.11. The average molecular weight is 295 g/mol. The number of benzene rings is 1. The van der Waals surface area contributed by atoms with Gasteiger partial charge in [-0.15, -0.1) is 0 Å². The summed E-state index contributed by atoms with van der Waals surface area (Å²) in [4.78, 5) is 24.1. The number of fused-ring (bicyclic) bond motifs is 1. The summed E-state index contributed by atoms with van der Waals surface area (Å²) in [6, 6.07) is 10.5. The summed E-state index contributed by atoms with van der Waals surface area (Å²) in [6.07, 6.45) is 1.57. The van der Waals surface area contributed by atoms with Crippen LogP contribution >= 0.6 is 0 Å². The van der Waals surface area contributed by atoms with Crippen LogP contribution in [0.1, 0.15) is 17.4 Å². The lowest BCUT2D eigenvalue weighted by Crippen LogP contribution is -2.05. The van der Waals surface area contributed by atoms with Crippen LogP contribution in [0, 0.1) is 0 Å². The summed E-state index contributed by atoms with van der Waals surface area (Å²) < 4.78 is 5.28. The largest absolute Gasteiger partial charge is 0.478 e. The van der Waals surface area contributed by atoms with Gasteiger partial charge in [0, 0.05) is 23.2 Å². The maximum atomic E-state index is 11.4. The van der Waals surface area contributed by atoms with Gasteiger partial charge in [-0.3, -0.25) is 0 Å². The Kier molecular flexibility index (Phi) is 3.65. The lowest BCUT2D eigenvalue weighted by molar-refractivity contribution is 0.0693. The molecule has 2 heterocycles. The fourth-order valence-corrected chi connectivity index (χ4v) is 2.11. The third-order valence-corrected chi connectivity index (χ3v) is 3.09. The molecule has 0 amide bonds. The Balaban J connectivity index is 2.12. The fraction of sp³-hybridized carbons (Fsp3) is 0.125. The molecule has 3 aromatic rings. The van der Waals surface area contributed by atoms with E-state index in [0.717, 1.165) is 0 Å². The molecule has 6 heteroatoms. The number of carbonyl (C=O) groups is 1. The van der Waals surface area contributed by atoms with Crippen molar-refractivity contribution in [3.63, 3.8) is 0 Å². The maximum Gasteiger partial charge on any atom is 0.355 e. The van der Waals surface area contributed by atoms with E-state index in [0.29, 0.717) is 34.8 Å². The number of nitrogens with zero attached hydrogens (tertiary/aromatic N) is 3. The molecule has 0 saturated carbocycles. The van der Waals surface area contributed by atoms with Crippen molar-refractivity contribution in [3.05, 3.63) is 48.3 Å². The number of para-hydroxylation sites is 1. The van der Waals surface area contributed by atoms with Gasteiger partial charge in [0.2, 0.25) is 5.88 Å². The van der Waals surface area contributed by atoms with Crippen LogP contribution in [0.3, 0.4) is 0 Å². The monoisotopic (exact) mass is 295 g/mol. The lowest BCUT2D eigenvalue weighted by Gasteiger charge is -2.06. The smallest absolute Gasteiger partial charge is 0.355 e. The Hall–Kier alpha value is -3.02. The number of carboxylic acids is 1. The van der Waals surface area contributed by atoms with Gasteiger partial charge in [-0.25, -0.2) is 19.7 Å². The van der Waals surface area contributed by atoms with Crippen molar-refractivity contribution < 1.29 is 14.6 Å². The second-order valence-electron chi connectivity index (χ2n) is 4.54. The molecule has 0 aliphatic rings. The molecule has 0 atom stereocenters. The molecule has 0 spiro atoms. The molecule has 0 unspecified atom stereocenters. The number of pyridine rings is 1. The van der Waals surface area contributed by atoms with Crippen molar-refractivity contribution in [2.75, 3.05) is 6.61 Å². The molecule has 1 aromatic carbocycles. The highest BCUT2D eigenvalue weighted by Gasteiger charge is 2.14. The first-order valence-corrected chi connectivity index (χ1v) is 6.78. The summed E-state index contributed by atoms with van der Waals surface area (Å²) >= 11 is 0. The van der Waals surface area contributed by atoms with Gasteiger partial charge >= 0.3 is 5.97 Å². The van der Waals surface area contributed by atoms with Crippen LogP contribution < -0.4 is 4.74 Å². The highest BCUT2D eigenvalue weighted by atomic mass is 16.5. The first kappa shape index (κ1) is 13.9. The van der Waals surface area contributed by atoms with E-state index < -0.39 is 5.97 Å². The highest BCUT2D eigenvalue weighted by molar-refractivity contribution is 6.01. The van der Waals surface area contributed by atoms with Crippen LogP contribution in [0.15, 0.2) is 42.6 Å². The molecule has 110 valence electrons. The van der Waals surface area contributed by atoms with Crippen LogP contribution in [-0.4, -0.2) is 32.6 Å². The first-order valence-electron chi connectivity index (χ1n) is 6.78. The molecule has 0 saturated heterocycles. The zero-order valence-electron chi connectivity index (χ0n) is 11.9. The Labute approximate surface area is 126 Å². The minimum atomic E-state index is -1.08. The van der Waals surface area contributed by atoms with Crippen LogP contribution in [0.25, 0.3) is 22.3 Å². The molecular formula is C16H13N3O3. The highest BCUT2D eigenvalue weighted by Crippen LogP contribution is 2.22. The van der Waals surface area contributed by atoms with Crippen molar-refractivity contribution in [2.45, 2.75) is 6.92 Å². The quantitative estimate of drug-likeness (QED) is 0.796. The van der Waals surface area contributed by atoms with E-state index in [2.05, 4.69) is 15.0 Å². The zero-order chi connectivity index (χ0) is 15.5. The summed E-state index contributed by atoms with van der Waals surface area (Å²) in [5.41, 5.74) is 1.20. The minimum Gasteiger partial charge on any atom is -0.478 e. The number of carboxylic acid groups (broad SMARTS) is 1. The van der Waals surface area contributed by atoms with Crippen molar-refractivity contribution in [1.29, 1.82) is 0 Å². The molecule has 22 heavy (non-hydrogen) atoms. The number of hydrogen-bond donors (Lipinski definition) is 1. The third-order valence-electron chi connectivity index (χ3n) is 3.09. The topological polar surface area (TPSA) is 85.2 Å². The number of ether oxygens (including phenoxy) is 1. The average Bonchev–Trinajstić information content (AvgIpc) is 2.54. The van der Waals surface area contributed by atoms with E-state index in [4.69, 9.17) is 4.74 Å². The summed E-state index contributed by atoms with van der Waals surface area (Å²) in [5.74, 6) is -0.254. The minimum absolute atomic E-state index is 0.0190. The molecule has 2 aromatic heterocycles. The van der Waals surface area contributed by atoms with Gasteiger partial charge in [0.25, 0.3) is 0 Å². The van der Waals surface area contributed by atoms with Crippen LogP contribution in [0.5, 0.6) is 5.88 Å². The molecule has 0 bridgehead atoms. The van der Waals surface area contributed by atoms with Crippen molar-refractivity contribution in [3.8, 4) is 17.3 Å². The zero-order valence-corrected chi connectivity index (χ0v) is 11.9.